The van der Waals surface area contributed by atoms with E-state index < -0.39 is 0 Å². The van der Waals surface area contributed by atoms with Gasteiger partial charge in [0.25, 0.3) is 5.91 Å². The lowest BCUT2D eigenvalue weighted by Crippen LogP contribution is -2.40. The van der Waals surface area contributed by atoms with Crippen LogP contribution in [0.25, 0.3) is 0 Å². The highest BCUT2D eigenvalue weighted by Crippen LogP contribution is 2.39. The van der Waals surface area contributed by atoms with E-state index in [1.807, 2.05) is 6.07 Å². The molecule has 0 spiro atoms. The highest BCUT2D eigenvalue weighted by atomic mass is 16.5. The molecule has 86 valence electrons. The van der Waals surface area contributed by atoms with E-state index in [0.29, 0.717) is 37.9 Å². The van der Waals surface area contributed by atoms with Gasteiger partial charge in [-0.25, -0.2) is 0 Å². The lowest BCUT2D eigenvalue weighted by atomic mass is 10.2. The van der Waals surface area contributed by atoms with Crippen molar-refractivity contribution in [1.29, 1.82) is 0 Å². The fourth-order valence-corrected chi connectivity index (χ4v) is 1.98. The predicted molar refractivity (Wildman–Crippen MR) is 57.3 cm³/mol. The molecule has 0 atom stereocenters. The Morgan fingerprint density at radius 3 is 2.88 bits per heavy atom. The summed E-state index contributed by atoms with van der Waals surface area (Å²) in [5, 5.41) is 7.05. The van der Waals surface area contributed by atoms with Crippen molar-refractivity contribution in [3.8, 4) is 0 Å². The number of hydrogen-bond acceptors (Lipinski definition) is 3. The second-order valence-electron chi connectivity index (χ2n) is 4.39. The largest absolute Gasteiger partial charge is 0.378 e. The summed E-state index contributed by atoms with van der Waals surface area (Å²) in [6, 6.07) is 1.90. The first-order chi connectivity index (χ1) is 7.84. The van der Waals surface area contributed by atoms with Gasteiger partial charge < -0.3 is 9.64 Å². The molecule has 2 fully saturated rings. The third-order valence-electron chi connectivity index (χ3n) is 3.13. The van der Waals surface area contributed by atoms with E-state index in [0.717, 1.165) is 5.69 Å². The van der Waals surface area contributed by atoms with Crippen molar-refractivity contribution in [2.24, 2.45) is 0 Å². The molecule has 1 aliphatic heterocycles. The minimum Gasteiger partial charge on any atom is -0.378 e. The standard InChI is InChI=1S/C11H15N3O2/c15-11(14-3-5-16-6-4-14)10-7-9(12-13-10)8-1-2-8/h7-8H,1-6H2,(H,12,13). The van der Waals surface area contributed by atoms with Crippen LogP contribution in [0.15, 0.2) is 6.07 Å². The number of rotatable bonds is 2. The van der Waals surface area contributed by atoms with Crippen molar-refractivity contribution in [2.45, 2.75) is 18.8 Å². The van der Waals surface area contributed by atoms with Crippen molar-refractivity contribution in [3.05, 3.63) is 17.5 Å². The van der Waals surface area contributed by atoms with Gasteiger partial charge in [-0.3, -0.25) is 9.89 Å². The predicted octanol–water partition coefficient (Wildman–Crippen LogP) is 0.759. The van der Waals surface area contributed by atoms with Crippen LogP contribution in [-0.2, 0) is 4.74 Å². The molecule has 16 heavy (non-hydrogen) atoms. The summed E-state index contributed by atoms with van der Waals surface area (Å²) in [6.07, 6.45) is 2.43. The molecule has 1 saturated heterocycles. The molecule has 2 aliphatic rings. The molecule has 1 saturated carbocycles. The quantitative estimate of drug-likeness (QED) is 0.802. The molecule has 3 rings (SSSR count). The zero-order valence-electron chi connectivity index (χ0n) is 9.11. The first-order valence-electron chi connectivity index (χ1n) is 5.77. The fraction of sp³-hybridized carbons (Fsp3) is 0.636. The Morgan fingerprint density at radius 2 is 2.19 bits per heavy atom. The Hall–Kier alpha value is -1.36. The van der Waals surface area contributed by atoms with Gasteiger partial charge in [-0.05, 0) is 18.9 Å². The maximum Gasteiger partial charge on any atom is 0.274 e. The lowest BCUT2D eigenvalue weighted by molar-refractivity contribution is 0.0299. The van der Waals surface area contributed by atoms with Crippen molar-refractivity contribution >= 4 is 5.91 Å². The number of aromatic amines is 1. The molecule has 0 aromatic carbocycles. The van der Waals surface area contributed by atoms with Crippen LogP contribution >= 0.6 is 0 Å². The summed E-state index contributed by atoms with van der Waals surface area (Å²) in [5.74, 6) is 0.630. The fourth-order valence-electron chi connectivity index (χ4n) is 1.98. The maximum absolute atomic E-state index is 12.0. The molecule has 1 aromatic rings. The van der Waals surface area contributed by atoms with Gasteiger partial charge in [0.05, 0.1) is 13.2 Å². The van der Waals surface area contributed by atoms with E-state index in [1.165, 1.54) is 12.8 Å². The number of carbonyl (C=O) groups is 1. The number of morpholine rings is 1. The van der Waals surface area contributed by atoms with E-state index in [1.54, 1.807) is 4.90 Å². The Kier molecular flexibility index (Phi) is 2.40. The third-order valence-corrected chi connectivity index (χ3v) is 3.13. The van der Waals surface area contributed by atoms with Crippen LogP contribution in [0.2, 0.25) is 0 Å². The van der Waals surface area contributed by atoms with Gasteiger partial charge in [-0.1, -0.05) is 0 Å². The summed E-state index contributed by atoms with van der Waals surface area (Å²) < 4.78 is 5.22. The van der Waals surface area contributed by atoms with Crippen LogP contribution in [0.3, 0.4) is 0 Å². The summed E-state index contributed by atoms with van der Waals surface area (Å²) in [4.78, 5) is 13.8. The Labute approximate surface area is 93.8 Å². The van der Waals surface area contributed by atoms with Crippen LogP contribution in [0, 0.1) is 0 Å². The minimum absolute atomic E-state index is 0.0199. The first kappa shape index (κ1) is 9.84. The number of ether oxygens (including phenoxy) is 1. The lowest BCUT2D eigenvalue weighted by Gasteiger charge is -2.25. The van der Waals surface area contributed by atoms with Crippen molar-refractivity contribution in [1.82, 2.24) is 15.1 Å². The van der Waals surface area contributed by atoms with Gasteiger partial charge in [0.15, 0.2) is 0 Å². The molecule has 1 aliphatic carbocycles. The topological polar surface area (TPSA) is 58.2 Å². The Balaban J connectivity index is 1.71. The molecule has 1 amide bonds. The zero-order chi connectivity index (χ0) is 11.0. The molecular formula is C11H15N3O2. The number of nitrogens with one attached hydrogen (secondary N) is 1. The monoisotopic (exact) mass is 221 g/mol. The molecule has 1 N–H and O–H groups in total. The first-order valence-corrected chi connectivity index (χ1v) is 5.77. The highest BCUT2D eigenvalue weighted by molar-refractivity contribution is 5.92. The van der Waals surface area contributed by atoms with E-state index in [2.05, 4.69) is 10.2 Å². The van der Waals surface area contributed by atoms with E-state index in [4.69, 9.17) is 4.74 Å². The van der Waals surface area contributed by atoms with E-state index >= 15 is 0 Å². The summed E-state index contributed by atoms with van der Waals surface area (Å²) >= 11 is 0. The van der Waals surface area contributed by atoms with Crippen LogP contribution in [0.5, 0.6) is 0 Å². The summed E-state index contributed by atoms with van der Waals surface area (Å²) in [7, 11) is 0. The molecule has 0 radical (unpaired) electrons. The van der Waals surface area contributed by atoms with Crippen molar-refractivity contribution < 1.29 is 9.53 Å². The Morgan fingerprint density at radius 1 is 1.44 bits per heavy atom. The van der Waals surface area contributed by atoms with Gasteiger partial charge >= 0.3 is 0 Å². The number of aromatic nitrogens is 2. The highest BCUT2D eigenvalue weighted by Gasteiger charge is 2.27. The normalized spacial score (nSPS) is 21.1. The molecule has 5 nitrogen and oxygen atoms in total. The number of H-pyrrole nitrogens is 1. The van der Waals surface area contributed by atoms with Crippen molar-refractivity contribution in [2.75, 3.05) is 26.3 Å². The molecule has 0 bridgehead atoms. The van der Waals surface area contributed by atoms with Gasteiger partial charge in [0.1, 0.15) is 5.69 Å². The number of amides is 1. The molecule has 1 aromatic heterocycles. The van der Waals surface area contributed by atoms with Gasteiger partial charge in [-0.15, -0.1) is 0 Å². The second-order valence-corrected chi connectivity index (χ2v) is 4.39. The number of nitrogens with zero attached hydrogens (tertiary/aromatic N) is 2. The number of hydrogen-bond donors (Lipinski definition) is 1. The maximum atomic E-state index is 12.0. The zero-order valence-corrected chi connectivity index (χ0v) is 9.11. The van der Waals surface area contributed by atoms with Gasteiger partial charge in [-0.2, -0.15) is 5.10 Å². The molecular weight excluding hydrogens is 206 g/mol. The van der Waals surface area contributed by atoms with Crippen molar-refractivity contribution in [3.63, 3.8) is 0 Å². The van der Waals surface area contributed by atoms with Gasteiger partial charge in [0.2, 0.25) is 0 Å². The minimum atomic E-state index is 0.0199. The van der Waals surface area contributed by atoms with Crippen LogP contribution in [0.1, 0.15) is 34.9 Å². The average molecular weight is 221 g/mol. The summed E-state index contributed by atoms with van der Waals surface area (Å²) in [5.41, 5.74) is 1.65. The number of carbonyl (C=O) groups excluding carboxylic acids is 1. The molecule has 2 heterocycles. The van der Waals surface area contributed by atoms with E-state index in [-0.39, 0.29) is 5.91 Å². The second kappa shape index (κ2) is 3.90. The third kappa shape index (κ3) is 1.82. The Bertz CT molecular complexity index is 392. The van der Waals surface area contributed by atoms with Crippen LogP contribution in [-0.4, -0.2) is 47.3 Å². The van der Waals surface area contributed by atoms with Crippen LogP contribution < -0.4 is 0 Å². The summed E-state index contributed by atoms with van der Waals surface area (Å²) in [6.45, 7) is 2.60. The molecule has 5 heteroatoms. The van der Waals surface area contributed by atoms with Gasteiger partial charge in [0, 0.05) is 24.7 Å². The SMILES string of the molecule is O=C(c1cc(C2CC2)[nH]n1)N1CCOCC1. The average Bonchev–Trinajstić information content (AvgIpc) is 3.08. The molecule has 0 unspecified atom stereocenters. The van der Waals surface area contributed by atoms with E-state index in [9.17, 15) is 4.79 Å². The van der Waals surface area contributed by atoms with Crippen LogP contribution in [0.4, 0.5) is 0 Å². The smallest absolute Gasteiger partial charge is 0.274 e.